The molecule has 0 aliphatic carbocycles. The minimum Gasteiger partial charge on any atom is -0.352 e. The molecule has 3 rings (SSSR count). The quantitative estimate of drug-likeness (QED) is 0.251. The van der Waals surface area contributed by atoms with Crippen LogP contribution in [-0.2, 0) is 28.3 Å². The van der Waals surface area contributed by atoms with Gasteiger partial charge in [0.2, 0.25) is 11.8 Å². The monoisotopic (exact) mass is 586 g/mol. The number of rotatable bonds is 12. The van der Waals surface area contributed by atoms with Crippen molar-refractivity contribution < 1.29 is 9.59 Å². The van der Waals surface area contributed by atoms with Crippen molar-refractivity contribution >= 4 is 51.1 Å². The third-order valence-corrected chi connectivity index (χ3v) is 7.67. The van der Waals surface area contributed by atoms with E-state index in [4.69, 9.17) is 11.6 Å². The molecular formula is C29H32BrClN2O2S. The van der Waals surface area contributed by atoms with Gasteiger partial charge in [-0.15, -0.1) is 11.8 Å². The molecule has 0 radical (unpaired) electrons. The summed E-state index contributed by atoms with van der Waals surface area (Å²) < 4.78 is 1.02. The lowest BCUT2D eigenvalue weighted by Crippen LogP contribution is -2.52. The van der Waals surface area contributed by atoms with E-state index in [0.29, 0.717) is 23.7 Å². The largest absolute Gasteiger partial charge is 0.352 e. The molecule has 190 valence electrons. The molecule has 3 aromatic carbocycles. The molecule has 0 saturated heterocycles. The zero-order valence-electron chi connectivity index (χ0n) is 20.6. The van der Waals surface area contributed by atoms with Crippen molar-refractivity contribution in [3.63, 3.8) is 0 Å². The van der Waals surface area contributed by atoms with E-state index in [1.807, 2.05) is 92.7 Å². The van der Waals surface area contributed by atoms with Crippen molar-refractivity contribution in [2.24, 2.45) is 0 Å². The highest BCUT2D eigenvalue weighted by molar-refractivity contribution is 9.10. The Labute approximate surface area is 231 Å². The maximum Gasteiger partial charge on any atom is 0.243 e. The molecule has 0 aliphatic heterocycles. The highest BCUT2D eigenvalue weighted by Crippen LogP contribution is 2.21. The van der Waals surface area contributed by atoms with Crippen molar-refractivity contribution in [1.29, 1.82) is 0 Å². The van der Waals surface area contributed by atoms with Gasteiger partial charge in [-0.25, -0.2) is 0 Å². The average Bonchev–Trinajstić information content (AvgIpc) is 2.87. The number of hydrogen-bond acceptors (Lipinski definition) is 3. The first kappa shape index (κ1) is 28.3. The summed E-state index contributed by atoms with van der Waals surface area (Å²) in [6, 6.07) is 24.8. The zero-order chi connectivity index (χ0) is 25.9. The molecule has 1 N–H and O–H groups in total. The summed E-state index contributed by atoms with van der Waals surface area (Å²) >= 11 is 11.2. The van der Waals surface area contributed by atoms with Crippen LogP contribution >= 0.6 is 39.3 Å². The van der Waals surface area contributed by atoms with Crippen LogP contribution in [0.5, 0.6) is 0 Å². The van der Waals surface area contributed by atoms with Crippen LogP contribution in [0.4, 0.5) is 0 Å². The molecule has 0 unspecified atom stereocenters. The van der Waals surface area contributed by atoms with E-state index in [0.717, 1.165) is 27.6 Å². The summed E-state index contributed by atoms with van der Waals surface area (Å²) in [5.41, 5.74) is 3.05. The van der Waals surface area contributed by atoms with Crippen LogP contribution in [-0.4, -0.2) is 34.6 Å². The molecule has 0 bridgehead atoms. The molecule has 7 heteroatoms. The Bertz CT molecular complexity index is 1130. The molecular weight excluding hydrogens is 556 g/mol. The van der Waals surface area contributed by atoms with Crippen LogP contribution in [0, 0.1) is 0 Å². The number of carbonyl (C=O) groups is 2. The fourth-order valence-electron chi connectivity index (χ4n) is 3.75. The first-order chi connectivity index (χ1) is 17.4. The molecule has 36 heavy (non-hydrogen) atoms. The molecule has 4 nitrogen and oxygen atoms in total. The van der Waals surface area contributed by atoms with E-state index in [1.165, 1.54) is 0 Å². The number of halogens is 2. The van der Waals surface area contributed by atoms with Crippen molar-refractivity contribution in [3.8, 4) is 0 Å². The number of benzene rings is 3. The summed E-state index contributed by atoms with van der Waals surface area (Å²) in [6.07, 6.45) is 1.25. The van der Waals surface area contributed by atoms with Crippen LogP contribution in [0.25, 0.3) is 0 Å². The maximum atomic E-state index is 13.7. The molecule has 2 atom stereocenters. The van der Waals surface area contributed by atoms with E-state index < -0.39 is 6.04 Å². The highest BCUT2D eigenvalue weighted by Gasteiger charge is 2.30. The van der Waals surface area contributed by atoms with Crippen LogP contribution < -0.4 is 5.32 Å². The normalized spacial score (nSPS) is 12.6. The van der Waals surface area contributed by atoms with Crippen molar-refractivity contribution in [2.45, 2.75) is 51.1 Å². The predicted molar refractivity (Wildman–Crippen MR) is 154 cm³/mol. The molecule has 0 spiro atoms. The van der Waals surface area contributed by atoms with Gasteiger partial charge in [0, 0.05) is 34.3 Å². The number of nitrogens with zero attached hydrogens (tertiary/aromatic N) is 1. The predicted octanol–water partition coefficient (Wildman–Crippen LogP) is 6.89. The van der Waals surface area contributed by atoms with Crippen molar-refractivity contribution in [2.75, 3.05) is 5.75 Å². The van der Waals surface area contributed by atoms with Gasteiger partial charge in [-0.2, -0.15) is 0 Å². The first-order valence-corrected chi connectivity index (χ1v) is 14.4. The smallest absolute Gasteiger partial charge is 0.243 e. The molecule has 2 amide bonds. The number of thioether (sulfide) groups is 1. The van der Waals surface area contributed by atoms with Gasteiger partial charge in [0.1, 0.15) is 6.04 Å². The third kappa shape index (κ3) is 8.99. The Morgan fingerprint density at radius 2 is 1.67 bits per heavy atom. The summed E-state index contributed by atoms with van der Waals surface area (Å²) in [7, 11) is 0. The summed E-state index contributed by atoms with van der Waals surface area (Å²) in [5, 5.41) is 3.70. The van der Waals surface area contributed by atoms with E-state index >= 15 is 0 Å². The van der Waals surface area contributed by atoms with Crippen molar-refractivity contribution in [3.05, 3.63) is 105 Å². The molecule has 0 saturated carbocycles. The van der Waals surface area contributed by atoms with Crippen LogP contribution in [0.3, 0.4) is 0 Å². The van der Waals surface area contributed by atoms with E-state index in [9.17, 15) is 9.59 Å². The van der Waals surface area contributed by atoms with Crippen molar-refractivity contribution in [1.82, 2.24) is 10.2 Å². The van der Waals surface area contributed by atoms with Crippen LogP contribution in [0.1, 0.15) is 37.0 Å². The van der Waals surface area contributed by atoms with Gasteiger partial charge in [-0.3, -0.25) is 9.59 Å². The summed E-state index contributed by atoms with van der Waals surface area (Å²) in [6.45, 7) is 4.32. The SMILES string of the molecule is CC[C@H](C)NC(=O)[C@@H](Cc1ccccc1)N(Cc1cccc(Cl)c1)C(=O)CSCc1ccc(Br)cc1. The third-order valence-electron chi connectivity index (χ3n) is 5.92. The Morgan fingerprint density at radius 3 is 2.33 bits per heavy atom. The lowest BCUT2D eigenvalue weighted by Gasteiger charge is -2.32. The first-order valence-electron chi connectivity index (χ1n) is 12.1. The molecule has 0 aromatic heterocycles. The topological polar surface area (TPSA) is 49.4 Å². The van der Waals surface area contributed by atoms with Crippen LogP contribution in [0.2, 0.25) is 5.02 Å². The van der Waals surface area contributed by atoms with E-state index in [1.54, 1.807) is 16.7 Å². The average molecular weight is 588 g/mol. The standard InChI is InChI=1S/C29H32BrClN2O2S/c1-3-21(2)32-29(35)27(17-22-8-5-4-6-9-22)33(18-24-10-7-11-26(31)16-24)28(34)20-36-19-23-12-14-25(30)15-13-23/h4-16,21,27H,3,17-20H2,1-2H3,(H,32,35)/t21-,27+/m0/s1. The minimum absolute atomic E-state index is 0.0191. The lowest BCUT2D eigenvalue weighted by molar-refractivity contribution is -0.139. The summed E-state index contributed by atoms with van der Waals surface area (Å²) in [5.74, 6) is 0.782. The minimum atomic E-state index is -0.638. The highest BCUT2D eigenvalue weighted by atomic mass is 79.9. The Hall–Kier alpha value is -2.28. The number of amides is 2. The number of carbonyl (C=O) groups excluding carboxylic acids is 2. The second kappa shape index (κ2) is 14.5. The van der Waals surface area contributed by atoms with Crippen LogP contribution in [0.15, 0.2) is 83.3 Å². The van der Waals surface area contributed by atoms with Gasteiger partial charge in [-0.1, -0.05) is 89.1 Å². The molecule has 3 aromatic rings. The van der Waals surface area contributed by atoms with Gasteiger partial charge < -0.3 is 10.2 Å². The van der Waals surface area contributed by atoms with Gasteiger partial charge in [0.25, 0.3) is 0 Å². The number of nitrogens with one attached hydrogen (secondary N) is 1. The fraction of sp³-hybridized carbons (Fsp3) is 0.310. The Kier molecular flexibility index (Phi) is 11.4. The second-order valence-corrected chi connectivity index (χ2v) is 11.1. The Balaban J connectivity index is 1.85. The van der Waals surface area contributed by atoms with Gasteiger partial charge >= 0.3 is 0 Å². The fourth-order valence-corrected chi connectivity index (χ4v) is 5.09. The van der Waals surface area contributed by atoms with Gasteiger partial charge in [-0.05, 0) is 54.3 Å². The molecule has 0 aliphatic rings. The molecule has 0 fully saturated rings. The second-order valence-electron chi connectivity index (χ2n) is 8.79. The summed E-state index contributed by atoms with van der Waals surface area (Å²) in [4.78, 5) is 28.9. The van der Waals surface area contributed by atoms with Gasteiger partial charge in [0.15, 0.2) is 0 Å². The Morgan fingerprint density at radius 1 is 0.972 bits per heavy atom. The van der Waals surface area contributed by atoms with E-state index in [-0.39, 0.29) is 23.6 Å². The van der Waals surface area contributed by atoms with Gasteiger partial charge in [0.05, 0.1) is 5.75 Å². The lowest BCUT2D eigenvalue weighted by atomic mass is 10.0. The number of hydrogen-bond donors (Lipinski definition) is 1. The van der Waals surface area contributed by atoms with E-state index in [2.05, 4.69) is 21.2 Å². The maximum absolute atomic E-state index is 13.7. The zero-order valence-corrected chi connectivity index (χ0v) is 23.8. The molecule has 0 heterocycles.